The van der Waals surface area contributed by atoms with Crippen molar-refractivity contribution < 1.29 is 9.66 Å². The first kappa shape index (κ1) is 15.0. The topological polar surface area (TPSA) is 76.2 Å². The summed E-state index contributed by atoms with van der Waals surface area (Å²) in [6.45, 7) is 1.77. The van der Waals surface area contributed by atoms with Gasteiger partial charge in [0, 0.05) is 11.4 Å². The fourth-order valence-corrected chi connectivity index (χ4v) is 2.16. The van der Waals surface area contributed by atoms with Crippen LogP contribution in [0.15, 0.2) is 36.4 Å². The maximum Gasteiger partial charge on any atom is 0.311 e. The molecular weight excluding hydrogens is 336 g/mol. The van der Waals surface area contributed by atoms with Gasteiger partial charge < -0.3 is 4.74 Å². The molecule has 21 heavy (non-hydrogen) atoms. The van der Waals surface area contributed by atoms with Crippen LogP contribution in [0.2, 0.25) is 0 Å². The molecule has 2 rings (SSSR count). The zero-order valence-corrected chi connectivity index (χ0v) is 12.8. The van der Waals surface area contributed by atoms with Crippen molar-refractivity contribution in [1.29, 1.82) is 5.26 Å². The van der Waals surface area contributed by atoms with Gasteiger partial charge in [0.05, 0.1) is 10.5 Å². The molecule has 0 amide bonds. The van der Waals surface area contributed by atoms with Gasteiger partial charge in [0.2, 0.25) is 5.75 Å². The third kappa shape index (κ3) is 3.38. The third-order valence-corrected chi connectivity index (χ3v) is 3.50. The summed E-state index contributed by atoms with van der Waals surface area (Å²) in [5.74, 6) is 0.419. The predicted molar refractivity (Wildman–Crippen MR) is 81.7 cm³/mol. The number of nitriles is 1. The zero-order chi connectivity index (χ0) is 15.4. The number of halogens is 1. The molecule has 0 aliphatic rings. The molecule has 0 unspecified atom stereocenters. The average molecular weight is 347 g/mol. The van der Waals surface area contributed by atoms with Crippen molar-refractivity contribution in [2.45, 2.75) is 12.3 Å². The predicted octanol–water partition coefficient (Wildman–Crippen LogP) is 4.46. The SMILES string of the molecule is Cc1ccc(Oc2ccc(CBr)cc2C#N)c([N+](=O)[O-])c1. The second-order valence-corrected chi connectivity index (χ2v) is 4.97. The summed E-state index contributed by atoms with van der Waals surface area (Å²) in [4.78, 5) is 10.6. The molecule has 0 saturated heterocycles. The molecule has 0 heterocycles. The van der Waals surface area contributed by atoms with Crippen LogP contribution in [0.4, 0.5) is 5.69 Å². The summed E-state index contributed by atoms with van der Waals surface area (Å²) in [6, 6.07) is 11.9. The molecule has 0 atom stereocenters. The first-order chi connectivity index (χ1) is 10.0. The molecule has 2 aromatic carbocycles. The molecular formula is C15H11BrN2O3. The zero-order valence-electron chi connectivity index (χ0n) is 11.2. The summed E-state index contributed by atoms with van der Waals surface area (Å²) in [6.07, 6.45) is 0. The van der Waals surface area contributed by atoms with Crippen LogP contribution >= 0.6 is 15.9 Å². The van der Waals surface area contributed by atoms with Gasteiger partial charge in [-0.15, -0.1) is 0 Å². The molecule has 106 valence electrons. The molecule has 0 fully saturated rings. The minimum atomic E-state index is -0.499. The van der Waals surface area contributed by atoms with E-state index in [1.807, 2.05) is 6.07 Å². The number of nitrogens with zero attached hydrogens (tertiary/aromatic N) is 2. The van der Waals surface area contributed by atoms with E-state index in [-0.39, 0.29) is 11.4 Å². The van der Waals surface area contributed by atoms with E-state index in [0.717, 1.165) is 11.1 Å². The van der Waals surface area contributed by atoms with E-state index in [4.69, 9.17) is 10.00 Å². The van der Waals surface area contributed by atoms with Gasteiger partial charge in [-0.2, -0.15) is 5.26 Å². The minimum absolute atomic E-state index is 0.119. The maximum atomic E-state index is 11.1. The molecule has 6 heteroatoms. The lowest BCUT2D eigenvalue weighted by molar-refractivity contribution is -0.385. The van der Waals surface area contributed by atoms with Gasteiger partial charge >= 0.3 is 5.69 Å². The number of rotatable bonds is 4. The molecule has 0 aromatic heterocycles. The number of aryl methyl sites for hydroxylation is 1. The van der Waals surface area contributed by atoms with Gasteiger partial charge in [0.25, 0.3) is 0 Å². The highest BCUT2D eigenvalue weighted by Gasteiger charge is 2.17. The van der Waals surface area contributed by atoms with E-state index >= 15 is 0 Å². The number of hydrogen-bond acceptors (Lipinski definition) is 4. The van der Waals surface area contributed by atoms with Gasteiger partial charge in [-0.25, -0.2) is 0 Å². The second-order valence-electron chi connectivity index (χ2n) is 4.41. The third-order valence-electron chi connectivity index (χ3n) is 2.85. The quantitative estimate of drug-likeness (QED) is 0.465. The summed E-state index contributed by atoms with van der Waals surface area (Å²) in [5, 5.41) is 20.9. The summed E-state index contributed by atoms with van der Waals surface area (Å²) in [5.41, 5.74) is 1.91. The van der Waals surface area contributed by atoms with Crippen LogP contribution in [-0.2, 0) is 5.33 Å². The van der Waals surface area contributed by atoms with E-state index in [2.05, 4.69) is 15.9 Å². The van der Waals surface area contributed by atoms with Crippen molar-refractivity contribution in [2.75, 3.05) is 0 Å². The van der Waals surface area contributed by atoms with Crippen LogP contribution in [-0.4, -0.2) is 4.92 Å². The lowest BCUT2D eigenvalue weighted by Crippen LogP contribution is -1.96. The molecule has 5 nitrogen and oxygen atoms in total. The Hall–Kier alpha value is -2.39. The monoisotopic (exact) mass is 346 g/mol. The van der Waals surface area contributed by atoms with Crippen molar-refractivity contribution in [2.24, 2.45) is 0 Å². The van der Waals surface area contributed by atoms with Gasteiger partial charge in [-0.3, -0.25) is 10.1 Å². The maximum absolute atomic E-state index is 11.1. The first-order valence-electron chi connectivity index (χ1n) is 6.07. The number of benzene rings is 2. The first-order valence-corrected chi connectivity index (χ1v) is 7.19. The lowest BCUT2D eigenvalue weighted by Gasteiger charge is -2.09. The number of alkyl halides is 1. The van der Waals surface area contributed by atoms with Crippen LogP contribution in [0.1, 0.15) is 16.7 Å². The van der Waals surface area contributed by atoms with E-state index in [0.29, 0.717) is 16.6 Å². The fraction of sp³-hybridized carbons (Fsp3) is 0.133. The molecule has 0 aliphatic heterocycles. The summed E-state index contributed by atoms with van der Waals surface area (Å²) in [7, 11) is 0. The van der Waals surface area contributed by atoms with Crippen molar-refractivity contribution >= 4 is 21.6 Å². The molecule has 0 aliphatic carbocycles. The van der Waals surface area contributed by atoms with Crippen molar-refractivity contribution in [3.8, 4) is 17.6 Å². The van der Waals surface area contributed by atoms with Gasteiger partial charge in [-0.05, 0) is 36.2 Å². The van der Waals surface area contributed by atoms with Crippen LogP contribution in [0.5, 0.6) is 11.5 Å². The Balaban J connectivity index is 2.43. The molecule has 2 aromatic rings. The average Bonchev–Trinajstić information content (AvgIpc) is 2.49. The van der Waals surface area contributed by atoms with Gasteiger partial charge in [-0.1, -0.05) is 28.1 Å². The van der Waals surface area contributed by atoms with Crippen molar-refractivity contribution in [3.63, 3.8) is 0 Å². The molecule has 0 radical (unpaired) electrons. The van der Waals surface area contributed by atoms with E-state index in [1.54, 1.807) is 31.2 Å². The van der Waals surface area contributed by atoms with Crippen molar-refractivity contribution in [3.05, 3.63) is 63.2 Å². The number of ether oxygens (including phenoxy) is 1. The Morgan fingerprint density at radius 2 is 2.00 bits per heavy atom. The molecule has 0 saturated carbocycles. The Labute approximate surface area is 130 Å². The van der Waals surface area contributed by atoms with Crippen molar-refractivity contribution in [1.82, 2.24) is 0 Å². The largest absolute Gasteiger partial charge is 0.449 e. The van der Waals surface area contributed by atoms with E-state index < -0.39 is 4.92 Å². The Morgan fingerprint density at radius 3 is 2.62 bits per heavy atom. The number of nitro benzene ring substituents is 1. The van der Waals surface area contributed by atoms with Crippen LogP contribution in [0.3, 0.4) is 0 Å². The highest BCUT2D eigenvalue weighted by Crippen LogP contribution is 2.33. The smallest absolute Gasteiger partial charge is 0.311 e. The van der Waals surface area contributed by atoms with Crippen LogP contribution in [0, 0.1) is 28.4 Å². The molecule has 0 N–H and O–H groups in total. The summed E-state index contributed by atoms with van der Waals surface area (Å²) >= 11 is 3.31. The second kappa shape index (κ2) is 6.37. The number of hydrogen-bond donors (Lipinski definition) is 0. The Morgan fingerprint density at radius 1 is 1.29 bits per heavy atom. The standard InChI is InChI=1S/C15H11BrN2O3/c1-10-2-4-15(13(6-10)18(19)20)21-14-5-3-11(8-16)7-12(14)9-17/h2-7H,8H2,1H3. The Bertz CT molecular complexity index is 738. The Kier molecular flexibility index (Phi) is 4.55. The van der Waals surface area contributed by atoms with Crippen LogP contribution < -0.4 is 4.74 Å². The lowest BCUT2D eigenvalue weighted by atomic mass is 10.1. The van der Waals surface area contributed by atoms with E-state index in [1.165, 1.54) is 12.1 Å². The molecule has 0 bridgehead atoms. The van der Waals surface area contributed by atoms with Gasteiger partial charge in [0.1, 0.15) is 11.8 Å². The van der Waals surface area contributed by atoms with E-state index in [9.17, 15) is 10.1 Å². The summed E-state index contributed by atoms with van der Waals surface area (Å²) < 4.78 is 5.57. The highest BCUT2D eigenvalue weighted by atomic mass is 79.9. The molecule has 0 spiro atoms. The minimum Gasteiger partial charge on any atom is -0.449 e. The van der Waals surface area contributed by atoms with Gasteiger partial charge in [0.15, 0.2) is 0 Å². The highest BCUT2D eigenvalue weighted by molar-refractivity contribution is 9.08. The fourth-order valence-electron chi connectivity index (χ4n) is 1.81. The normalized spacial score (nSPS) is 9.95. The number of nitro groups is 1. The van der Waals surface area contributed by atoms with Crippen LogP contribution in [0.25, 0.3) is 0 Å².